The smallest absolute Gasteiger partial charge is 0.302 e. The van der Waals surface area contributed by atoms with Gasteiger partial charge >= 0.3 is 5.97 Å². The van der Waals surface area contributed by atoms with Gasteiger partial charge in [-0.05, 0) is 66.8 Å². The predicted octanol–water partition coefficient (Wildman–Crippen LogP) is 3.58. The van der Waals surface area contributed by atoms with Gasteiger partial charge in [-0.2, -0.15) is 0 Å². The molecule has 3 heteroatoms. The van der Waals surface area contributed by atoms with Gasteiger partial charge in [-0.25, -0.2) is 0 Å². The average molecular weight is 292 g/mol. The fourth-order valence-corrected chi connectivity index (χ4v) is 5.26. The number of carbonyl (C=O) groups is 1. The molecular formula is C18H28O3. The highest BCUT2D eigenvalue weighted by Crippen LogP contribution is 2.58. The summed E-state index contributed by atoms with van der Waals surface area (Å²) in [6, 6.07) is 0. The van der Waals surface area contributed by atoms with E-state index in [1.807, 2.05) is 0 Å². The van der Waals surface area contributed by atoms with Gasteiger partial charge in [0.1, 0.15) is 0 Å². The Kier molecular flexibility index (Phi) is 4.13. The van der Waals surface area contributed by atoms with Gasteiger partial charge in [0.05, 0.1) is 13.2 Å². The van der Waals surface area contributed by atoms with Crippen molar-refractivity contribution in [2.24, 2.45) is 29.1 Å². The molecule has 0 aliphatic heterocycles. The molecule has 0 saturated heterocycles. The zero-order valence-corrected chi connectivity index (χ0v) is 13.6. The fraction of sp³-hybridized carbons (Fsp3) is 0.833. The van der Waals surface area contributed by atoms with Crippen molar-refractivity contribution in [3.63, 3.8) is 0 Å². The van der Waals surface area contributed by atoms with Crippen LogP contribution in [-0.2, 0) is 14.3 Å². The number of ether oxygens (including phenoxy) is 2. The van der Waals surface area contributed by atoms with Crippen LogP contribution >= 0.6 is 0 Å². The van der Waals surface area contributed by atoms with E-state index >= 15 is 0 Å². The van der Waals surface area contributed by atoms with Crippen LogP contribution in [0.15, 0.2) is 11.6 Å². The number of rotatable bonds is 4. The number of allylic oxidation sites excluding steroid dienone is 1. The zero-order chi connectivity index (χ0) is 15.0. The molecule has 5 atom stereocenters. The third-order valence-electron chi connectivity index (χ3n) is 6.26. The summed E-state index contributed by atoms with van der Waals surface area (Å²) in [5, 5.41) is 0. The highest BCUT2D eigenvalue weighted by atomic mass is 16.5. The molecule has 0 heterocycles. The molecule has 0 amide bonds. The maximum atomic E-state index is 11.1. The Hall–Kier alpha value is -0.830. The van der Waals surface area contributed by atoms with E-state index in [1.165, 1.54) is 44.6 Å². The lowest BCUT2D eigenvalue weighted by atomic mass is 9.68. The SMILES string of the molecule is COCC1=CC2(C)CCC1CC1C(COC(C)=O)CCC12. The number of hydrogen-bond acceptors (Lipinski definition) is 3. The molecule has 0 spiro atoms. The molecule has 118 valence electrons. The quantitative estimate of drug-likeness (QED) is 0.587. The molecule has 3 nitrogen and oxygen atoms in total. The molecule has 0 N–H and O–H groups in total. The van der Waals surface area contributed by atoms with Gasteiger partial charge in [-0.3, -0.25) is 4.79 Å². The summed E-state index contributed by atoms with van der Waals surface area (Å²) in [5.41, 5.74) is 1.85. The zero-order valence-electron chi connectivity index (χ0n) is 13.6. The highest BCUT2D eigenvalue weighted by molar-refractivity contribution is 5.65. The predicted molar refractivity (Wildman–Crippen MR) is 81.7 cm³/mol. The van der Waals surface area contributed by atoms with Crippen molar-refractivity contribution in [3.8, 4) is 0 Å². The summed E-state index contributed by atoms with van der Waals surface area (Å²) in [7, 11) is 1.80. The van der Waals surface area contributed by atoms with Crippen molar-refractivity contribution in [2.45, 2.75) is 46.0 Å². The van der Waals surface area contributed by atoms with Crippen molar-refractivity contribution >= 4 is 5.97 Å². The van der Waals surface area contributed by atoms with Gasteiger partial charge in [0.15, 0.2) is 0 Å². The van der Waals surface area contributed by atoms with E-state index in [1.54, 1.807) is 7.11 Å². The summed E-state index contributed by atoms with van der Waals surface area (Å²) in [6.45, 7) is 5.37. The first-order valence-electron chi connectivity index (χ1n) is 8.37. The van der Waals surface area contributed by atoms with Crippen molar-refractivity contribution < 1.29 is 14.3 Å². The second-order valence-corrected chi connectivity index (χ2v) is 7.54. The maximum Gasteiger partial charge on any atom is 0.302 e. The molecule has 0 radical (unpaired) electrons. The Morgan fingerprint density at radius 2 is 2.19 bits per heavy atom. The number of methoxy groups -OCH3 is 1. The maximum absolute atomic E-state index is 11.1. The van der Waals surface area contributed by atoms with Crippen LogP contribution in [0.3, 0.4) is 0 Å². The Balaban J connectivity index is 1.79. The fourth-order valence-electron chi connectivity index (χ4n) is 5.26. The second kappa shape index (κ2) is 5.75. The summed E-state index contributed by atoms with van der Waals surface area (Å²) in [4.78, 5) is 11.1. The Morgan fingerprint density at radius 1 is 1.38 bits per heavy atom. The van der Waals surface area contributed by atoms with E-state index in [2.05, 4.69) is 13.0 Å². The minimum Gasteiger partial charge on any atom is -0.466 e. The lowest BCUT2D eigenvalue weighted by Gasteiger charge is -2.37. The number of carbonyl (C=O) groups excluding carboxylic acids is 1. The van der Waals surface area contributed by atoms with Gasteiger partial charge in [0.25, 0.3) is 0 Å². The van der Waals surface area contributed by atoms with E-state index in [0.717, 1.165) is 12.5 Å². The molecule has 4 aliphatic carbocycles. The topological polar surface area (TPSA) is 35.5 Å². The third kappa shape index (κ3) is 2.77. The van der Waals surface area contributed by atoms with Crippen LogP contribution < -0.4 is 0 Å². The first-order chi connectivity index (χ1) is 10.0. The number of fused-ring (bicyclic) bond motifs is 1. The van der Waals surface area contributed by atoms with Gasteiger partial charge in [-0.15, -0.1) is 0 Å². The summed E-state index contributed by atoms with van der Waals surface area (Å²) in [5.74, 6) is 2.59. The van der Waals surface area contributed by atoms with Crippen LogP contribution in [0.4, 0.5) is 0 Å². The molecule has 2 bridgehead atoms. The normalized spacial score (nSPS) is 41.4. The van der Waals surface area contributed by atoms with Crippen molar-refractivity contribution in [3.05, 3.63) is 11.6 Å². The molecule has 4 rings (SSSR count). The molecule has 2 fully saturated rings. The molecule has 0 aromatic carbocycles. The van der Waals surface area contributed by atoms with Gasteiger partial charge in [0.2, 0.25) is 0 Å². The minimum atomic E-state index is -0.139. The van der Waals surface area contributed by atoms with Crippen LogP contribution in [-0.4, -0.2) is 26.3 Å². The van der Waals surface area contributed by atoms with E-state index in [-0.39, 0.29) is 5.97 Å². The van der Waals surface area contributed by atoms with E-state index in [4.69, 9.17) is 9.47 Å². The van der Waals surface area contributed by atoms with Crippen LogP contribution in [0, 0.1) is 29.1 Å². The van der Waals surface area contributed by atoms with E-state index < -0.39 is 0 Å². The highest BCUT2D eigenvalue weighted by Gasteiger charge is 2.50. The Bertz CT molecular complexity index is 442. The summed E-state index contributed by atoms with van der Waals surface area (Å²) in [6.07, 6.45) is 8.94. The molecular weight excluding hydrogens is 264 g/mol. The molecule has 0 aromatic heterocycles. The number of hydrogen-bond donors (Lipinski definition) is 0. The van der Waals surface area contributed by atoms with Gasteiger partial charge in [0, 0.05) is 14.0 Å². The molecule has 21 heavy (non-hydrogen) atoms. The summed E-state index contributed by atoms with van der Waals surface area (Å²) < 4.78 is 10.8. The van der Waals surface area contributed by atoms with Gasteiger partial charge in [-0.1, -0.05) is 13.0 Å². The Labute approximate surface area is 128 Å². The van der Waals surface area contributed by atoms with E-state index in [9.17, 15) is 4.79 Å². The third-order valence-corrected chi connectivity index (χ3v) is 6.26. The van der Waals surface area contributed by atoms with Crippen LogP contribution in [0.25, 0.3) is 0 Å². The van der Waals surface area contributed by atoms with Gasteiger partial charge < -0.3 is 9.47 Å². The average Bonchev–Trinajstić information content (AvgIpc) is 2.73. The summed E-state index contributed by atoms with van der Waals surface area (Å²) >= 11 is 0. The lowest BCUT2D eigenvalue weighted by molar-refractivity contribution is -0.142. The van der Waals surface area contributed by atoms with E-state index in [0.29, 0.717) is 29.8 Å². The molecule has 0 aromatic rings. The Morgan fingerprint density at radius 3 is 2.90 bits per heavy atom. The first-order valence-corrected chi connectivity index (χ1v) is 8.37. The first kappa shape index (κ1) is 15.1. The van der Waals surface area contributed by atoms with Crippen LogP contribution in [0.5, 0.6) is 0 Å². The molecule has 5 unspecified atom stereocenters. The standard InChI is InChI=1S/C18H28O3/c1-12(19)21-11-14-4-5-17-16(14)8-13-6-7-18(17,2)9-15(13)10-20-3/h9,13-14,16-17H,4-8,10-11H2,1-3H3. The molecule has 2 saturated carbocycles. The monoisotopic (exact) mass is 292 g/mol. The minimum absolute atomic E-state index is 0.139. The second-order valence-electron chi connectivity index (χ2n) is 7.54. The molecule has 4 aliphatic rings. The van der Waals surface area contributed by atoms with Crippen molar-refractivity contribution in [1.29, 1.82) is 0 Å². The van der Waals surface area contributed by atoms with Crippen LogP contribution in [0.2, 0.25) is 0 Å². The largest absolute Gasteiger partial charge is 0.466 e. The van der Waals surface area contributed by atoms with Crippen molar-refractivity contribution in [2.75, 3.05) is 20.3 Å². The lowest BCUT2D eigenvalue weighted by Crippen LogP contribution is -2.29. The number of esters is 1. The van der Waals surface area contributed by atoms with Crippen molar-refractivity contribution in [1.82, 2.24) is 0 Å². The van der Waals surface area contributed by atoms with Crippen LogP contribution in [0.1, 0.15) is 46.0 Å².